The molecule has 4 N–H and O–H groups in total. The summed E-state index contributed by atoms with van der Waals surface area (Å²) in [5, 5.41) is 1.47. The van der Waals surface area contributed by atoms with Gasteiger partial charge in [0.05, 0.1) is 5.69 Å². The average molecular weight is 388 g/mol. The van der Waals surface area contributed by atoms with E-state index in [0.717, 1.165) is 16.9 Å². The van der Waals surface area contributed by atoms with Crippen molar-refractivity contribution in [2.24, 2.45) is 5.84 Å². The van der Waals surface area contributed by atoms with Crippen LogP contribution in [0.1, 0.15) is 18.4 Å². The zero-order valence-corrected chi connectivity index (χ0v) is 16.6. The lowest BCUT2D eigenvalue weighted by molar-refractivity contribution is 0.586. The summed E-state index contributed by atoms with van der Waals surface area (Å²) < 4.78 is 5.77. The second-order valence-electron chi connectivity index (χ2n) is 6.03. The molecule has 26 heavy (non-hydrogen) atoms. The van der Waals surface area contributed by atoms with Crippen LogP contribution in [0, 0.1) is 0 Å². The van der Waals surface area contributed by atoms with Gasteiger partial charge in [0.1, 0.15) is 0 Å². The predicted octanol–water partition coefficient (Wildman–Crippen LogP) is 3.87. The fourth-order valence-electron chi connectivity index (χ4n) is 2.65. The van der Waals surface area contributed by atoms with Gasteiger partial charge in [0, 0.05) is 35.6 Å². The molecule has 138 valence electrons. The first-order valence-corrected chi connectivity index (χ1v) is 10.2. The van der Waals surface area contributed by atoms with E-state index in [4.69, 9.17) is 5.84 Å². The van der Waals surface area contributed by atoms with E-state index in [9.17, 15) is 0 Å². The molecule has 0 radical (unpaired) electrons. The third-order valence-corrected chi connectivity index (χ3v) is 6.06. The summed E-state index contributed by atoms with van der Waals surface area (Å²) in [6, 6.07) is 16.5. The number of anilines is 1. The summed E-state index contributed by atoms with van der Waals surface area (Å²) >= 11 is 3.43. The molecule has 1 fully saturated rings. The van der Waals surface area contributed by atoms with Crippen LogP contribution in [0.3, 0.4) is 0 Å². The van der Waals surface area contributed by atoms with Crippen LogP contribution < -0.4 is 21.1 Å². The summed E-state index contributed by atoms with van der Waals surface area (Å²) in [5.74, 6) is 5.80. The Bertz CT molecular complexity index is 729. The van der Waals surface area contributed by atoms with Gasteiger partial charge in [0.25, 0.3) is 0 Å². The van der Waals surface area contributed by atoms with Crippen LogP contribution in [0.5, 0.6) is 0 Å². The standard InChI is InChI=1S/C19H25N5S2/c1-15(16-8-10-17(11-9-16)24(20)21-2)22-25-18-6-5-7-19(14-18)26-23-12-3-4-13-23/h5-11,14,21-22H,1,3-4,12-13,20H2,2H3. The van der Waals surface area contributed by atoms with Crippen molar-refractivity contribution in [3.8, 4) is 0 Å². The molecule has 0 aliphatic carbocycles. The molecule has 0 bridgehead atoms. The van der Waals surface area contributed by atoms with Crippen molar-refractivity contribution in [3.63, 3.8) is 0 Å². The van der Waals surface area contributed by atoms with Crippen molar-refractivity contribution in [1.82, 2.24) is 14.5 Å². The highest BCUT2D eigenvalue weighted by molar-refractivity contribution is 7.98. The Balaban J connectivity index is 1.55. The molecule has 0 atom stereocenters. The van der Waals surface area contributed by atoms with Gasteiger partial charge in [-0.05, 0) is 72.6 Å². The highest BCUT2D eigenvalue weighted by atomic mass is 32.2. The SMILES string of the molecule is C=C(NSc1cccc(SN2CCCC2)c1)c1ccc(N(N)NC)cc1. The van der Waals surface area contributed by atoms with Crippen LogP contribution in [0.15, 0.2) is 64.9 Å². The minimum Gasteiger partial charge on any atom is -0.326 e. The predicted molar refractivity (Wildman–Crippen MR) is 113 cm³/mol. The summed E-state index contributed by atoms with van der Waals surface area (Å²) in [7, 11) is 1.78. The van der Waals surface area contributed by atoms with Crippen LogP contribution in [-0.2, 0) is 0 Å². The van der Waals surface area contributed by atoms with Gasteiger partial charge < -0.3 is 4.72 Å². The van der Waals surface area contributed by atoms with Crippen molar-refractivity contribution in [3.05, 3.63) is 60.7 Å². The lowest BCUT2D eigenvalue weighted by Gasteiger charge is -2.17. The minimum atomic E-state index is 0.868. The van der Waals surface area contributed by atoms with Gasteiger partial charge in [-0.3, -0.25) is 0 Å². The van der Waals surface area contributed by atoms with Crippen molar-refractivity contribution in [2.45, 2.75) is 22.6 Å². The van der Waals surface area contributed by atoms with Crippen LogP contribution in [-0.4, -0.2) is 24.4 Å². The summed E-state index contributed by atoms with van der Waals surface area (Å²) in [5.41, 5.74) is 5.67. The Labute approximate surface area is 164 Å². The lowest BCUT2D eigenvalue weighted by atomic mass is 10.2. The second-order valence-corrected chi connectivity index (χ2v) is 8.08. The largest absolute Gasteiger partial charge is 0.326 e. The summed E-state index contributed by atoms with van der Waals surface area (Å²) in [6.45, 7) is 6.50. The zero-order chi connectivity index (χ0) is 18.4. The monoisotopic (exact) mass is 387 g/mol. The van der Waals surface area contributed by atoms with E-state index in [1.165, 1.54) is 40.8 Å². The molecule has 1 heterocycles. The smallest absolute Gasteiger partial charge is 0.0699 e. The molecule has 0 amide bonds. The van der Waals surface area contributed by atoms with Crippen molar-refractivity contribution in [1.29, 1.82) is 0 Å². The van der Waals surface area contributed by atoms with Crippen LogP contribution >= 0.6 is 23.9 Å². The van der Waals surface area contributed by atoms with Gasteiger partial charge in [0.15, 0.2) is 0 Å². The van der Waals surface area contributed by atoms with Crippen molar-refractivity contribution >= 4 is 35.3 Å². The topological polar surface area (TPSA) is 56.6 Å². The average Bonchev–Trinajstić information content (AvgIpc) is 3.19. The van der Waals surface area contributed by atoms with Gasteiger partial charge in [-0.2, -0.15) is 0 Å². The highest BCUT2D eigenvalue weighted by Gasteiger charge is 2.13. The quantitative estimate of drug-likeness (QED) is 0.361. The van der Waals surface area contributed by atoms with Crippen LogP contribution in [0.25, 0.3) is 5.70 Å². The maximum atomic E-state index is 5.80. The molecule has 2 aromatic carbocycles. The van der Waals surface area contributed by atoms with E-state index in [1.54, 1.807) is 19.0 Å². The number of nitrogens with zero attached hydrogens (tertiary/aromatic N) is 2. The molecule has 2 aromatic rings. The Morgan fingerprint density at radius 3 is 2.50 bits per heavy atom. The summed E-state index contributed by atoms with van der Waals surface area (Å²) in [6.07, 6.45) is 2.61. The third kappa shape index (κ3) is 5.18. The van der Waals surface area contributed by atoms with E-state index in [-0.39, 0.29) is 0 Å². The fraction of sp³-hybridized carbons (Fsp3) is 0.263. The fourth-order valence-corrected chi connectivity index (χ4v) is 4.48. The molecule has 0 saturated carbocycles. The molecule has 0 unspecified atom stereocenters. The minimum absolute atomic E-state index is 0.868. The number of nitrogens with two attached hydrogens (primary N) is 1. The van der Waals surface area contributed by atoms with Gasteiger partial charge in [-0.1, -0.05) is 24.8 Å². The Kier molecular flexibility index (Phi) is 6.87. The molecular weight excluding hydrogens is 362 g/mol. The molecule has 0 aromatic heterocycles. The van der Waals surface area contributed by atoms with Gasteiger partial charge >= 0.3 is 0 Å². The van der Waals surface area contributed by atoms with Gasteiger partial charge in [0.2, 0.25) is 0 Å². The molecule has 1 aliphatic rings. The van der Waals surface area contributed by atoms with Gasteiger partial charge in [-0.15, -0.1) is 0 Å². The number of hydrazine groups is 2. The number of nitrogens with one attached hydrogen (secondary N) is 2. The molecule has 1 aliphatic heterocycles. The van der Waals surface area contributed by atoms with Crippen molar-refractivity contribution < 1.29 is 0 Å². The normalized spacial score (nSPS) is 14.4. The van der Waals surface area contributed by atoms with E-state index < -0.39 is 0 Å². The number of hydrogen-bond donors (Lipinski definition) is 3. The molecule has 0 spiro atoms. The van der Waals surface area contributed by atoms with E-state index >= 15 is 0 Å². The zero-order valence-electron chi connectivity index (χ0n) is 14.9. The number of rotatable bonds is 8. The number of hydrogen-bond acceptors (Lipinski definition) is 7. The lowest BCUT2D eigenvalue weighted by Crippen LogP contribution is -2.41. The Morgan fingerprint density at radius 1 is 1.12 bits per heavy atom. The first-order valence-electron chi connectivity index (χ1n) is 8.63. The molecular formula is C19H25N5S2. The molecule has 3 rings (SSSR count). The van der Waals surface area contributed by atoms with E-state index in [1.807, 2.05) is 36.2 Å². The number of benzene rings is 2. The Morgan fingerprint density at radius 2 is 1.81 bits per heavy atom. The first kappa shape index (κ1) is 19.1. The van der Waals surface area contributed by atoms with E-state index in [2.05, 4.69) is 45.3 Å². The Hall–Kier alpha value is -1.64. The molecule has 1 saturated heterocycles. The highest BCUT2D eigenvalue weighted by Crippen LogP contribution is 2.29. The van der Waals surface area contributed by atoms with Crippen LogP contribution in [0.4, 0.5) is 5.69 Å². The van der Waals surface area contributed by atoms with E-state index in [0.29, 0.717) is 0 Å². The third-order valence-electron chi connectivity index (χ3n) is 4.13. The van der Waals surface area contributed by atoms with Gasteiger partial charge in [-0.25, -0.2) is 20.7 Å². The van der Waals surface area contributed by atoms with Crippen LogP contribution in [0.2, 0.25) is 0 Å². The molecule has 7 heteroatoms. The maximum absolute atomic E-state index is 5.80. The first-order chi connectivity index (χ1) is 12.7. The second kappa shape index (κ2) is 9.34. The summed E-state index contributed by atoms with van der Waals surface area (Å²) in [4.78, 5) is 2.46. The maximum Gasteiger partial charge on any atom is 0.0699 e. The van der Waals surface area contributed by atoms with Crippen molar-refractivity contribution in [2.75, 3.05) is 25.3 Å². The molecule has 5 nitrogen and oxygen atoms in total.